The Kier molecular flexibility index (Phi) is 3.99. The van der Waals surface area contributed by atoms with Crippen LogP contribution in [0.5, 0.6) is 0 Å². The van der Waals surface area contributed by atoms with Gasteiger partial charge in [-0.15, -0.1) is 0 Å². The van der Waals surface area contributed by atoms with Gasteiger partial charge in [0.05, 0.1) is 12.8 Å². The summed E-state index contributed by atoms with van der Waals surface area (Å²) >= 11 is 0. The van der Waals surface area contributed by atoms with Crippen molar-refractivity contribution in [3.05, 3.63) is 18.6 Å². The van der Waals surface area contributed by atoms with E-state index in [2.05, 4.69) is 27.5 Å². The van der Waals surface area contributed by atoms with Crippen molar-refractivity contribution in [2.24, 2.45) is 5.92 Å². The Hall–Kier alpha value is -1.82. The molecule has 2 N–H and O–H groups in total. The summed E-state index contributed by atoms with van der Waals surface area (Å²) in [5.41, 5.74) is 0.832. The maximum absolute atomic E-state index is 5.12. The van der Waals surface area contributed by atoms with Gasteiger partial charge in [0.25, 0.3) is 0 Å². The highest BCUT2D eigenvalue weighted by atomic mass is 16.5. The molecule has 0 aromatic carbocycles. The van der Waals surface area contributed by atoms with E-state index in [0.717, 1.165) is 30.4 Å². The smallest absolute Gasteiger partial charge is 0.180 e. The molecule has 1 atom stereocenters. The number of nitrogens with one attached hydrogen (secondary N) is 2. The third-order valence-electron chi connectivity index (χ3n) is 2.70. The predicted molar refractivity (Wildman–Crippen MR) is 72.1 cm³/mol. The first-order valence-electron chi connectivity index (χ1n) is 5.99. The molecule has 2 rings (SSSR count). The van der Waals surface area contributed by atoms with E-state index in [-0.39, 0.29) is 0 Å². The highest BCUT2D eigenvalue weighted by molar-refractivity contribution is 5.65. The van der Waals surface area contributed by atoms with Crippen LogP contribution in [-0.2, 0) is 4.74 Å². The molecule has 0 bridgehead atoms. The van der Waals surface area contributed by atoms with Gasteiger partial charge in [0, 0.05) is 33.1 Å². The zero-order valence-corrected chi connectivity index (χ0v) is 11.0. The van der Waals surface area contributed by atoms with Crippen molar-refractivity contribution in [3.8, 4) is 0 Å². The molecule has 2 aromatic rings. The number of hydrogen-bond donors (Lipinski definition) is 2. The highest BCUT2D eigenvalue weighted by Gasteiger charge is 2.08. The third kappa shape index (κ3) is 2.70. The van der Waals surface area contributed by atoms with Gasteiger partial charge in [-0.1, -0.05) is 6.92 Å². The number of imidazole rings is 1. The van der Waals surface area contributed by atoms with E-state index in [9.17, 15) is 0 Å². The maximum Gasteiger partial charge on any atom is 0.180 e. The molecule has 18 heavy (non-hydrogen) atoms. The largest absolute Gasteiger partial charge is 0.384 e. The zero-order chi connectivity index (χ0) is 13.0. The number of nitrogens with zero attached hydrogens (tertiary/aromatic N) is 3. The van der Waals surface area contributed by atoms with Crippen LogP contribution in [0.2, 0.25) is 0 Å². The molecular weight excluding hydrogens is 230 g/mol. The highest BCUT2D eigenvalue weighted by Crippen LogP contribution is 2.16. The number of aromatic nitrogens is 3. The van der Waals surface area contributed by atoms with Gasteiger partial charge in [-0.2, -0.15) is 0 Å². The second-order valence-corrected chi connectivity index (χ2v) is 4.32. The summed E-state index contributed by atoms with van der Waals surface area (Å²) in [7, 11) is 3.56. The molecule has 2 aromatic heterocycles. The molecular formula is C12H19N5O. The summed E-state index contributed by atoms with van der Waals surface area (Å²) in [6, 6.07) is 0. The molecule has 0 spiro atoms. The Balaban J connectivity index is 2.18. The average molecular weight is 249 g/mol. The predicted octanol–water partition coefficient (Wildman–Crippen LogP) is 1.47. The summed E-state index contributed by atoms with van der Waals surface area (Å²) in [5.74, 6) is 2.02. The minimum atomic E-state index is 0.421. The monoisotopic (exact) mass is 249 g/mol. The molecule has 0 radical (unpaired) electrons. The number of hydrogen-bond acceptors (Lipinski definition) is 5. The Morgan fingerprint density at radius 2 is 2.33 bits per heavy atom. The van der Waals surface area contributed by atoms with Crippen LogP contribution < -0.4 is 10.6 Å². The SMILES string of the molecule is CNc1cn2ccnc2c(NCC(C)COC)n1. The maximum atomic E-state index is 5.12. The number of fused-ring (bicyclic) bond motifs is 1. The number of rotatable bonds is 6. The van der Waals surface area contributed by atoms with Crippen molar-refractivity contribution >= 4 is 17.3 Å². The van der Waals surface area contributed by atoms with E-state index < -0.39 is 0 Å². The van der Waals surface area contributed by atoms with Crippen molar-refractivity contribution in [1.29, 1.82) is 0 Å². The minimum Gasteiger partial charge on any atom is -0.384 e. The quantitative estimate of drug-likeness (QED) is 0.811. The van der Waals surface area contributed by atoms with Crippen molar-refractivity contribution in [1.82, 2.24) is 14.4 Å². The standard InChI is InChI=1S/C12H19N5O/c1-9(8-18-3)6-15-11-12-14-4-5-17(12)7-10(13-2)16-11/h4-5,7,9,13H,6,8H2,1-3H3,(H,15,16). The molecule has 1 unspecified atom stereocenters. The molecule has 6 heteroatoms. The lowest BCUT2D eigenvalue weighted by atomic mass is 10.2. The lowest BCUT2D eigenvalue weighted by molar-refractivity contribution is 0.164. The van der Waals surface area contributed by atoms with E-state index in [1.54, 1.807) is 13.3 Å². The van der Waals surface area contributed by atoms with Crippen molar-refractivity contribution in [3.63, 3.8) is 0 Å². The van der Waals surface area contributed by atoms with Gasteiger partial charge >= 0.3 is 0 Å². The number of ether oxygens (including phenoxy) is 1. The van der Waals surface area contributed by atoms with E-state index in [1.807, 2.05) is 23.8 Å². The molecule has 0 aliphatic heterocycles. The first kappa shape index (κ1) is 12.6. The Morgan fingerprint density at radius 3 is 3.06 bits per heavy atom. The molecule has 0 fully saturated rings. The van der Waals surface area contributed by atoms with Gasteiger partial charge in [-0.3, -0.25) is 0 Å². The number of methoxy groups -OCH3 is 1. The Bertz CT molecular complexity index is 510. The second-order valence-electron chi connectivity index (χ2n) is 4.32. The van der Waals surface area contributed by atoms with Gasteiger partial charge in [0.1, 0.15) is 5.82 Å². The Morgan fingerprint density at radius 1 is 1.50 bits per heavy atom. The lowest BCUT2D eigenvalue weighted by Gasteiger charge is -2.13. The molecule has 0 aliphatic rings. The summed E-state index contributed by atoms with van der Waals surface area (Å²) in [4.78, 5) is 8.77. The normalized spacial score (nSPS) is 12.6. The number of anilines is 2. The summed E-state index contributed by atoms with van der Waals surface area (Å²) in [5, 5.41) is 6.36. The summed E-state index contributed by atoms with van der Waals surface area (Å²) in [6.07, 6.45) is 5.58. The van der Waals surface area contributed by atoms with Gasteiger partial charge in [0.15, 0.2) is 11.5 Å². The first-order valence-corrected chi connectivity index (χ1v) is 5.99. The van der Waals surface area contributed by atoms with Crippen LogP contribution in [0.1, 0.15) is 6.92 Å². The zero-order valence-electron chi connectivity index (χ0n) is 11.0. The van der Waals surface area contributed by atoms with Gasteiger partial charge in [-0.05, 0) is 5.92 Å². The first-order chi connectivity index (χ1) is 8.74. The van der Waals surface area contributed by atoms with E-state index in [1.165, 1.54) is 0 Å². The molecule has 0 aliphatic carbocycles. The topological polar surface area (TPSA) is 63.5 Å². The second kappa shape index (κ2) is 5.68. The van der Waals surface area contributed by atoms with Gasteiger partial charge in [0.2, 0.25) is 0 Å². The van der Waals surface area contributed by atoms with Gasteiger partial charge < -0.3 is 19.8 Å². The van der Waals surface area contributed by atoms with Crippen molar-refractivity contribution < 1.29 is 4.74 Å². The minimum absolute atomic E-state index is 0.421. The average Bonchev–Trinajstić information content (AvgIpc) is 2.84. The van der Waals surface area contributed by atoms with Crippen molar-refractivity contribution in [2.75, 3.05) is 37.9 Å². The van der Waals surface area contributed by atoms with Crippen LogP contribution >= 0.6 is 0 Å². The lowest BCUT2D eigenvalue weighted by Crippen LogP contribution is -2.17. The molecule has 2 heterocycles. The molecule has 0 saturated carbocycles. The van der Waals surface area contributed by atoms with Crippen LogP contribution in [0.15, 0.2) is 18.6 Å². The molecule has 0 amide bonds. The van der Waals surface area contributed by atoms with Crippen LogP contribution in [0.25, 0.3) is 5.65 Å². The van der Waals surface area contributed by atoms with Crippen LogP contribution in [0.3, 0.4) is 0 Å². The summed E-state index contributed by atoms with van der Waals surface area (Å²) in [6.45, 7) is 3.65. The fraction of sp³-hybridized carbons (Fsp3) is 0.500. The fourth-order valence-corrected chi connectivity index (χ4v) is 1.79. The molecule has 6 nitrogen and oxygen atoms in total. The van der Waals surface area contributed by atoms with Crippen LogP contribution in [0.4, 0.5) is 11.6 Å². The van der Waals surface area contributed by atoms with E-state index >= 15 is 0 Å². The van der Waals surface area contributed by atoms with E-state index in [0.29, 0.717) is 5.92 Å². The van der Waals surface area contributed by atoms with Crippen LogP contribution in [0, 0.1) is 5.92 Å². The molecule has 0 saturated heterocycles. The van der Waals surface area contributed by atoms with Crippen molar-refractivity contribution in [2.45, 2.75) is 6.92 Å². The van der Waals surface area contributed by atoms with Crippen LogP contribution in [-0.4, -0.2) is 41.7 Å². The Labute approximate surface area is 106 Å². The summed E-state index contributed by atoms with van der Waals surface area (Å²) < 4.78 is 7.06. The third-order valence-corrected chi connectivity index (χ3v) is 2.70. The van der Waals surface area contributed by atoms with Gasteiger partial charge in [-0.25, -0.2) is 9.97 Å². The van der Waals surface area contributed by atoms with E-state index in [4.69, 9.17) is 4.74 Å². The molecule has 98 valence electrons. The fourth-order valence-electron chi connectivity index (χ4n) is 1.79.